The molecule has 2 aliphatic heterocycles. The van der Waals surface area contributed by atoms with E-state index in [9.17, 15) is 4.79 Å². The number of hydrogen-bond donors (Lipinski definition) is 2. The van der Waals surface area contributed by atoms with Crippen molar-refractivity contribution in [2.45, 2.75) is 57.7 Å². The van der Waals surface area contributed by atoms with Crippen LogP contribution in [0.4, 0.5) is 5.69 Å². The zero-order valence-corrected chi connectivity index (χ0v) is 15.1. The molecular formula is C18H28ClN3O. The third kappa shape index (κ3) is 4.46. The topological polar surface area (TPSA) is 44.4 Å². The third-order valence-corrected chi connectivity index (χ3v) is 5.26. The van der Waals surface area contributed by atoms with Gasteiger partial charge in [0.25, 0.3) is 0 Å². The number of hydrogen-bond acceptors (Lipinski definition) is 3. The Kier molecular flexibility index (Phi) is 6.06. The molecule has 2 heterocycles. The lowest BCUT2D eigenvalue weighted by Crippen LogP contribution is -2.48. The van der Waals surface area contributed by atoms with Gasteiger partial charge in [0.1, 0.15) is 0 Å². The highest BCUT2D eigenvalue weighted by atomic mass is 35.5. The van der Waals surface area contributed by atoms with Gasteiger partial charge < -0.3 is 10.6 Å². The van der Waals surface area contributed by atoms with Crippen molar-refractivity contribution in [3.8, 4) is 0 Å². The number of nitrogens with one attached hydrogen (secondary N) is 2. The molecule has 2 bridgehead atoms. The normalized spacial score (nSPS) is 26.0. The van der Waals surface area contributed by atoms with Crippen LogP contribution in [0.3, 0.4) is 0 Å². The molecule has 5 heteroatoms. The summed E-state index contributed by atoms with van der Waals surface area (Å²) in [4.78, 5) is 14.5. The average molecular weight is 338 g/mol. The smallest absolute Gasteiger partial charge is 0.238 e. The van der Waals surface area contributed by atoms with Crippen LogP contribution in [0, 0.1) is 13.8 Å². The van der Waals surface area contributed by atoms with E-state index in [2.05, 4.69) is 42.5 Å². The zero-order valence-electron chi connectivity index (χ0n) is 14.3. The molecule has 128 valence electrons. The van der Waals surface area contributed by atoms with Gasteiger partial charge >= 0.3 is 0 Å². The molecule has 0 aliphatic carbocycles. The molecule has 2 N–H and O–H groups in total. The zero-order chi connectivity index (χ0) is 15.7. The minimum atomic E-state index is 0. The first-order chi connectivity index (χ1) is 10.5. The molecule has 2 aliphatic rings. The van der Waals surface area contributed by atoms with Gasteiger partial charge in [-0.15, -0.1) is 12.4 Å². The fourth-order valence-electron chi connectivity index (χ4n) is 3.76. The number of nitrogens with zero attached hydrogens (tertiary/aromatic N) is 1. The largest absolute Gasteiger partial charge is 0.325 e. The number of carbonyl (C=O) groups excluding carboxylic acids is 1. The minimum Gasteiger partial charge on any atom is -0.325 e. The van der Waals surface area contributed by atoms with Crippen molar-refractivity contribution in [1.82, 2.24) is 10.2 Å². The van der Waals surface area contributed by atoms with Gasteiger partial charge in [-0.05, 0) is 69.8 Å². The molecule has 0 aromatic heterocycles. The molecule has 0 spiro atoms. The van der Waals surface area contributed by atoms with Crippen molar-refractivity contribution in [3.05, 3.63) is 29.3 Å². The summed E-state index contributed by atoms with van der Waals surface area (Å²) in [5, 5.41) is 6.67. The van der Waals surface area contributed by atoms with E-state index in [0.29, 0.717) is 24.7 Å². The highest BCUT2D eigenvalue weighted by molar-refractivity contribution is 5.92. The predicted molar refractivity (Wildman–Crippen MR) is 97.4 cm³/mol. The number of fused-ring (bicyclic) bond motifs is 2. The van der Waals surface area contributed by atoms with Crippen LogP contribution < -0.4 is 10.6 Å². The molecule has 4 nitrogen and oxygen atoms in total. The van der Waals surface area contributed by atoms with Crippen molar-refractivity contribution >= 4 is 24.0 Å². The fraction of sp³-hybridized carbons (Fsp3) is 0.611. The maximum Gasteiger partial charge on any atom is 0.238 e. The molecule has 1 aromatic rings. The van der Waals surface area contributed by atoms with E-state index in [1.54, 1.807) is 0 Å². The Hall–Kier alpha value is -1.10. The standard InChI is InChI=1S/C18H27N3O.ClH/c1-12-4-5-14(8-13(12)2)20-18(22)11-21(3)17-9-15-6-7-16(10-17)19-15;/h4-5,8,15-17,19H,6-7,9-11H2,1-3H3,(H,20,22);1H. The summed E-state index contributed by atoms with van der Waals surface area (Å²) in [6, 6.07) is 7.93. The Balaban J connectivity index is 0.00000192. The van der Waals surface area contributed by atoms with Gasteiger partial charge in [-0.1, -0.05) is 6.07 Å². The fourth-order valence-corrected chi connectivity index (χ4v) is 3.76. The van der Waals surface area contributed by atoms with Crippen LogP contribution in [0.2, 0.25) is 0 Å². The molecule has 2 saturated heterocycles. The van der Waals surface area contributed by atoms with Crippen LogP contribution in [0.1, 0.15) is 36.8 Å². The Bertz CT molecular complexity index is 551. The summed E-state index contributed by atoms with van der Waals surface area (Å²) in [5.41, 5.74) is 3.35. The van der Waals surface area contributed by atoms with Gasteiger partial charge in [-0.25, -0.2) is 0 Å². The van der Waals surface area contributed by atoms with Crippen LogP contribution in [0.5, 0.6) is 0 Å². The van der Waals surface area contributed by atoms with Crippen molar-refractivity contribution in [2.75, 3.05) is 18.9 Å². The van der Waals surface area contributed by atoms with E-state index in [1.165, 1.54) is 36.8 Å². The molecule has 1 aromatic carbocycles. The first-order valence-corrected chi connectivity index (χ1v) is 8.34. The Morgan fingerprint density at radius 2 is 1.87 bits per heavy atom. The van der Waals surface area contributed by atoms with Crippen molar-refractivity contribution in [3.63, 3.8) is 0 Å². The van der Waals surface area contributed by atoms with E-state index < -0.39 is 0 Å². The van der Waals surface area contributed by atoms with Crippen LogP contribution in [-0.4, -0.2) is 42.5 Å². The van der Waals surface area contributed by atoms with E-state index in [-0.39, 0.29) is 18.3 Å². The van der Waals surface area contributed by atoms with Crippen LogP contribution in [0.15, 0.2) is 18.2 Å². The monoisotopic (exact) mass is 337 g/mol. The van der Waals surface area contributed by atoms with Gasteiger partial charge in [0.15, 0.2) is 0 Å². The Morgan fingerprint density at radius 1 is 1.22 bits per heavy atom. The second-order valence-electron chi connectivity index (χ2n) is 7.03. The van der Waals surface area contributed by atoms with Gasteiger partial charge in [0, 0.05) is 23.8 Å². The number of halogens is 1. The van der Waals surface area contributed by atoms with E-state index in [4.69, 9.17) is 0 Å². The van der Waals surface area contributed by atoms with Crippen LogP contribution in [-0.2, 0) is 4.79 Å². The van der Waals surface area contributed by atoms with Gasteiger partial charge in [0.05, 0.1) is 6.54 Å². The highest BCUT2D eigenvalue weighted by Crippen LogP contribution is 2.29. The Morgan fingerprint density at radius 3 is 2.48 bits per heavy atom. The summed E-state index contributed by atoms with van der Waals surface area (Å²) in [7, 11) is 2.08. The molecule has 0 radical (unpaired) electrons. The number of aryl methyl sites for hydroxylation is 2. The number of rotatable bonds is 4. The second kappa shape index (κ2) is 7.65. The third-order valence-electron chi connectivity index (χ3n) is 5.26. The minimum absolute atomic E-state index is 0. The van der Waals surface area contributed by atoms with Gasteiger partial charge in [-0.3, -0.25) is 9.69 Å². The number of likely N-dealkylation sites (N-methyl/N-ethyl adjacent to an activating group) is 1. The molecule has 2 unspecified atom stereocenters. The van der Waals surface area contributed by atoms with Gasteiger partial charge in [0.2, 0.25) is 5.91 Å². The lowest BCUT2D eigenvalue weighted by atomic mass is 9.98. The summed E-state index contributed by atoms with van der Waals surface area (Å²) in [5.74, 6) is 0.0802. The van der Waals surface area contributed by atoms with E-state index in [0.717, 1.165) is 5.69 Å². The second-order valence-corrected chi connectivity index (χ2v) is 7.03. The molecule has 2 fully saturated rings. The Labute approximate surface area is 145 Å². The summed E-state index contributed by atoms with van der Waals surface area (Å²) < 4.78 is 0. The SMILES string of the molecule is Cc1ccc(NC(=O)CN(C)C2CC3CCC(C2)N3)cc1C.Cl. The summed E-state index contributed by atoms with van der Waals surface area (Å²) >= 11 is 0. The number of piperidine rings is 1. The average Bonchev–Trinajstić information content (AvgIpc) is 2.81. The first kappa shape index (κ1) is 18.2. The quantitative estimate of drug-likeness (QED) is 0.888. The van der Waals surface area contributed by atoms with Crippen molar-refractivity contribution in [1.29, 1.82) is 0 Å². The number of anilines is 1. The molecule has 2 atom stereocenters. The number of carbonyl (C=O) groups is 1. The van der Waals surface area contributed by atoms with E-state index >= 15 is 0 Å². The lowest BCUT2D eigenvalue weighted by Gasteiger charge is -2.35. The maximum absolute atomic E-state index is 12.3. The van der Waals surface area contributed by atoms with E-state index in [1.807, 2.05) is 12.1 Å². The molecule has 3 rings (SSSR count). The maximum atomic E-state index is 12.3. The summed E-state index contributed by atoms with van der Waals surface area (Å²) in [6.45, 7) is 4.62. The number of benzene rings is 1. The highest BCUT2D eigenvalue weighted by Gasteiger charge is 2.35. The predicted octanol–water partition coefficient (Wildman–Crippen LogP) is 2.88. The molecule has 23 heavy (non-hydrogen) atoms. The molecular weight excluding hydrogens is 310 g/mol. The van der Waals surface area contributed by atoms with Crippen molar-refractivity contribution < 1.29 is 4.79 Å². The lowest BCUT2D eigenvalue weighted by molar-refractivity contribution is -0.117. The van der Waals surface area contributed by atoms with Crippen LogP contribution >= 0.6 is 12.4 Å². The van der Waals surface area contributed by atoms with Crippen molar-refractivity contribution in [2.24, 2.45) is 0 Å². The summed E-state index contributed by atoms with van der Waals surface area (Å²) in [6.07, 6.45) is 4.93. The van der Waals surface area contributed by atoms with Crippen LogP contribution in [0.25, 0.3) is 0 Å². The molecule has 0 saturated carbocycles. The first-order valence-electron chi connectivity index (χ1n) is 8.34. The van der Waals surface area contributed by atoms with Gasteiger partial charge in [-0.2, -0.15) is 0 Å². The molecule has 1 amide bonds. The number of amides is 1.